The zero-order chi connectivity index (χ0) is 15.2. The van der Waals surface area contributed by atoms with Crippen LogP contribution in [0.5, 0.6) is 0 Å². The van der Waals surface area contributed by atoms with E-state index in [1.165, 1.54) is 48.9 Å². The van der Waals surface area contributed by atoms with Crippen LogP contribution in [-0.2, 0) is 0 Å². The van der Waals surface area contributed by atoms with Gasteiger partial charge in [-0.2, -0.15) is 0 Å². The van der Waals surface area contributed by atoms with Crippen LogP contribution in [0.25, 0.3) is 0 Å². The average molecular weight is 288 g/mol. The number of rotatable bonds is 8. The van der Waals surface area contributed by atoms with Crippen LogP contribution in [0.1, 0.15) is 55.3 Å². The summed E-state index contributed by atoms with van der Waals surface area (Å²) in [7, 11) is 2.28. The first-order valence-corrected chi connectivity index (χ1v) is 8.59. The number of likely N-dealkylation sites (N-methyl/N-ethyl adjacent to an activating group) is 1. The summed E-state index contributed by atoms with van der Waals surface area (Å²) in [4.78, 5) is 2.52. The van der Waals surface area contributed by atoms with Gasteiger partial charge in [0.15, 0.2) is 0 Å². The zero-order valence-corrected chi connectivity index (χ0v) is 14.3. The number of hydrogen-bond acceptors (Lipinski definition) is 2. The van der Waals surface area contributed by atoms with Gasteiger partial charge < -0.3 is 10.2 Å². The zero-order valence-electron chi connectivity index (χ0n) is 14.3. The molecule has 0 bridgehead atoms. The second kappa shape index (κ2) is 7.95. The molecule has 2 rings (SSSR count). The van der Waals surface area contributed by atoms with Crippen LogP contribution in [0.4, 0.5) is 0 Å². The summed E-state index contributed by atoms with van der Waals surface area (Å²) in [5, 5.41) is 3.73. The van der Waals surface area contributed by atoms with E-state index in [0.29, 0.717) is 6.04 Å². The lowest BCUT2D eigenvalue weighted by molar-refractivity contribution is 0.191. The van der Waals surface area contributed by atoms with Gasteiger partial charge in [-0.1, -0.05) is 31.5 Å². The van der Waals surface area contributed by atoms with Gasteiger partial charge in [0.05, 0.1) is 0 Å². The maximum absolute atomic E-state index is 3.73. The molecular weight excluding hydrogens is 256 g/mol. The maximum atomic E-state index is 3.73. The van der Waals surface area contributed by atoms with Crippen LogP contribution >= 0.6 is 0 Å². The van der Waals surface area contributed by atoms with E-state index in [0.717, 1.165) is 19.0 Å². The van der Waals surface area contributed by atoms with Crippen molar-refractivity contribution in [3.63, 3.8) is 0 Å². The smallest absolute Gasteiger partial charge is 0.0449 e. The molecule has 1 aromatic carbocycles. The molecule has 118 valence electrons. The Balaban J connectivity index is 1.99. The molecule has 1 N–H and O–H groups in total. The highest BCUT2D eigenvalue weighted by molar-refractivity contribution is 5.31. The minimum atomic E-state index is 0.453. The van der Waals surface area contributed by atoms with Crippen LogP contribution in [-0.4, -0.2) is 31.6 Å². The lowest BCUT2D eigenvalue weighted by Gasteiger charge is -2.32. The van der Waals surface area contributed by atoms with E-state index in [1.54, 1.807) is 0 Å². The Labute approximate surface area is 130 Å². The minimum Gasteiger partial charge on any atom is -0.309 e. The molecule has 1 aliphatic carbocycles. The molecule has 1 aliphatic rings. The number of nitrogens with zero attached hydrogens (tertiary/aromatic N) is 1. The van der Waals surface area contributed by atoms with Gasteiger partial charge in [0.2, 0.25) is 0 Å². The van der Waals surface area contributed by atoms with Crippen LogP contribution in [0.15, 0.2) is 18.2 Å². The second-order valence-corrected chi connectivity index (χ2v) is 6.87. The predicted octanol–water partition coefficient (Wildman–Crippen LogP) is 4.08. The summed E-state index contributed by atoms with van der Waals surface area (Å²) in [5.74, 6) is 0.946. The third-order valence-electron chi connectivity index (χ3n) is 4.86. The van der Waals surface area contributed by atoms with Gasteiger partial charge in [0, 0.05) is 19.1 Å². The van der Waals surface area contributed by atoms with Crippen molar-refractivity contribution in [1.29, 1.82) is 0 Å². The molecule has 0 heterocycles. The van der Waals surface area contributed by atoms with Crippen molar-refractivity contribution >= 4 is 0 Å². The highest BCUT2D eigenvalue weighted by Gasteiger charge is 2.21. The number of benzene rings is 1. The van der Waals surface area contributed by atoms with E-state index in [-0.39, 0.29) is 0 Å². The van der Waals surface area contributed by atoms with Crippen molar-refractivity contribution in [2.75, 3.05) is 26.7 Å². The van der Waals surface area contributed by atoms with Crippen molar-refractivity contribution < 1.29 is 0 Å². The molecule has 0 saturated heterocycles. The average Bonchev–Trinajstić information content (AvgIpc) is 2.42. The van der Waals surface area contributed by atoms with E-state index < -0.39 is 0 Å². The molecule has 1 saturated carbocycles. The first-order chi connectivity index (χ1) is 10.1. The third kappa shape index (κ3) is 4.82. The Morgan fingerprint density at radius 1 is 1.24 bits per heavy atom. The van der Waals surface area contributed by atoms with E-state index >= 15 is 0 Å². The molecule has 2 heteroatoms. The van der Waals surface area contributed by atoms with Gasteiger partial charge in [-0.05, 0) is 69.3 Å². The van der Waals surface area contributed by atoms with Crippen molar-refractivity contribution in [3.05, 3.63) is 34.9 Å². The quantitative estimate of drug-likeness (QED) is 0.775. The molecule has 21 heavy (non-hydrogen) atoms. The fourth-order valence-corrected chi connectivity index (χ4v) is 3.09. The monoisotopic (exact) mass is 288 g/mol. The minimum absolute atomic E-state index is 0.453. The summed E-state index contributed by atoms with van der Waals surface area (Å²) >= 11 is 0. The molecule has 0 spiro atoms. The highest BCUT2D eigenvalue weighted by Crippen LogP contribution is 2.27. The Morgan fingerprint density at radius 2 is 2.00 bits per heavy atom. The number of hydrogen-bond donors (Lipinski definition) is 1. The summed E-state index contributed by atoms with van der Waals surface area (Å²) in [6.45, 7) is 10.1. The lowest BCUT2D eigenvalue weighted by atomic mass is 9.85. The Hall–Kier alpha value is -0.860. The van der Waals surface area contributed by atoms with Crippen molar-refractivity contribution in [2.24, 2.45) is 5.92 Å². The predicted molar refractivity (Wildman–Crippen MR) is 91.8 cm³/mol. The summed E-state index contributed by atoms with van der Waals surface area (Å²) < 4.78 is 0. The van der Waals surface area contributed by atoms with Gasteiger partial charge >= 0.3 is 0 Å². The molecule has 2 nitrogen and oxygen atoms in total. The molecule has 0 radical (unpaired) electrons. The van der Waals surface area contributed by atoms with Crippen LogP contribution < -0.4 is 5.32 Å². The molecular formula is C19H32N2. The lowest BCUT2D eigenvalue weighted by Crippen LogP contribution is -2.37. The van der Waals surface area contributed by atoms with Crippen molar-refractivity contribution in [2.45, 2.75) is 52.5 Å². The normalized spacial score (nSPS) is 17.0. The number of aryl methyl sites for hydroxylation is 2. The number of nitrogens with one attached hydrogen (secondary N) is 1. The summed E-state index contributed by atoms with van der Waals surface area (Å²) in [6, 6.07) is 7.37. The van der Waals surface area contributed by atoms with Gasteiger partial charge in [-0.15, -0.1) is 0 Å². The first kappa shape index (κ1) is 16.5. The van der Waals surface area contributed by atoms with Gasteiger partial charge in [-0.3, -0.25) is 0 Å². The van der Waals surface area contributed by atoms with E-state index in [1.807, 2.05) is 0 Å². The van der Waals surface area contributed by atoms with Crippen molar-refractivity contribution in [3.8, 4) is 0 Å². The van der Waals surface area contributed by atoms with Crippen LogP contribution in [0.2, 0.25) is 0 Å². The summed E-state index contributed by atoms with van der Waals surface area (Å²) in [6.07, 6.45) is 5.49. The van der Waals surface area contributed by atoms with Gasteiger partial charge in [-0.25, -0.2) is 0 Å². The van der Waals surface area contributed by atoms with Crippen molar-refractivity contribution in [1.82, 2.24) is 10.2 Å². The molecule has 0 aromatic heterocycles. The SMILES string of the molecule is CCCNC(CN(C)CC1CCC1)c1ccc(C)c(C)c1. The van der Waals surface area contributed by atoms with Gasteiger partial charge in [0.25, 0.3) is 0 Å². The highest BCUT2D eigenvalue weighted by atomic mass is 15.1. The largest absolute Gasteiger partial charge is 0.309 e. The van der Waals surface area contributed by atoms with E-state index in [9.17, 15) is 0 Å². The summed E-state index contributed by atoms with van der Waals surface area (Å²) in [5.41, 5.74) is 4.22. The topological polar surface area (TPSA) is 15.3 Å². The maximum Gasteiger partial charge on any atom is 0.0449 e. The first-order valence-electron chi connectivity index (χ1n) is 8.59. The molecule has 1 fully saturated rings. The Kier molecular flexibility index (Phi) is 6.25. The Bertz CT molecular complexity index is 437. The molecule has 0 aliphatic heterocycles. The molecule has 0 amide bonds. The van der Waals surface area contributed by atoms with E-state index in [2.05, 4.69) is 56.2 Å². The molecule has 1 unspecified atom stereocenters. The van der Waals surface area contributed by atoms with Gasteiger partial charge in [0.1, 0.15) is 0 Å². The Morgan fingerprint density at radius 3 is 2.57 bits per heavy atom. The van der Waals surface area contributed by atoms with Crippen LogP contribution in [0.3, 0.4) is 0 Å². The molecule has 1 aromatic rings. The van der Waals surface area contributed by atoms with Crippen LogP contribution in [0, 0.1) is 19.8 Å². The third-order valence-corrected chi connectivity index (χ3v) is 4.86. The fraction of sp³-hybridized carbons (Fsp3) is 0.684. The second-order valence-electron chi connectivity index (χ2n) is 6.87. The fourth-order valence-electron chi connectivity index (χ4n) is 3.09. The molecule has 1 atom stereocenters. The van der Waals surface area contributed by atoms with E-state index in [4.69, 9.17) is 0 Å². The standard InChI is InChI=1S/C19H32N2/c1-5-11-20-19(14-21(4)13-17-7-6-8-17)18-10-9-15(2)16(3)12-18/h9-10,12,17,19-20H,5-8,11,13-14H2,1-4H3.